The second-order valence-electron chi connectivity index (χ2n) is 4.47. The highest BCUT2D eigenvalue weighted by molar-refractivity contribution is 6.05. The van der Waals surface area contributed by atoms with Crippen molar-refractivity contribution in [1.82, 2.24) is 4.90 Å². The van der Waals surface area contributed by atoms with Gasteiger partial charge in [0.05, 0.1) is 6.04 Å². The number of carbonyl (C=O) groups excluding carboxylic acids is 1. The van der Waals surface area contributed by atoms with Crippen molar-refractivity contribution in [2.24, 2.45) is 0 Å². The second kappa shape index (κ2) is 3.52. The van der Waals surface area contributed by atoms with Gasteiger partial charge in [0.25, 0.3) is 5.91 Å². The van der Waals surface area contributed by atoms with Crippen molar-refractivity contribution < 1.29 is 15.0 Å². The summed E-state index contributed by atoms with van der Waals surface area (Å²) in [4.78, 5) is 13.5. The fourth-order valence-corrected chi connectivity index (χ4v) is 2.69. The SMILES string of the molecule is O=C1C(O)=C(c2ccc(O)cc2)[C@@H]2CCCN12. The monoisotopic (exact) mass is 231 g/mol. The van der Waals surface area contributed by atoms with E-state index in [1.807, 2.05) is 0 Å². The second-order valence-corrected chi connectivity index (χ2v) is 4.47. The van der Waals surface area contributed by atoms with Gasteiger partial charge in [-0.05, 0) is 30.5 Å². The number of amides is 1. The van der Waals surface area contributed by atoms with Gasteiger partial charge in [0.2, 0.25) is 0 Å². The minimum atomic E-state index is -0.268. The zero-order valence-electron chi connectivity index (χ0n) is 9.26. The quantitative estimate of drug-likeness (QED) is 0.772. The van der Waals surface area contributed by atoms with E-state index in [-0.39, 0.29) is 23.5 Å². The molecular weight excluding hydrogens is 218 g/mol. The molecule has 1 fully saturated rings. The maximum Gasteiger partial charge on any atom is 0.289 e. The zero-order chi connectivity index (χ0) is 12.0. The van der Waals surface area contributed by atoms with Crippen molar-refractivity contribution in [1.29, 1.82) is 0 Å². The van der Waals surface area contributed by atoms with Gasteiger partial charge < -0.3 is 15.1 Å². The van der Waals surface area contributed by atoms with Gasteiger partial charge in [-0.15, -0.1) is 0 Å². The molecule has 1 saturated heterocycles. The highest BCUT2D eigenvalue weighted by Gasteiger charge is 2.42. The van der Waals surface area contributed by atoms with E-state index in [2.05, 4.69) is 0 Å². The number of benzene rings is 1. The normalized spacial score (nSPS) is 23.4. The van der Waals surface area contributed by atoms with E-state index in [0.29, 0.717) is 5.57 Å². The molecule has 0 saturated carbocycles. The van der Waals surface area contributed by atoms with E-state index < -0.39 is 0 Å². The molecule has 0 spiro atoms. The van der Waals surface area contributed by atoms with E-state index in [1.165, 1.54) is 0 Å². The van der Waals surface area contributed by atoms with Crippen LogP contribution >= 0.6 is 0 Å². The minimum Gasteiger partial charge on any atom is -0.508 e. The highest BCUT2D eigenvalue weighted by Crippen LogP contribution is 2.38. The third-order valence-corrected chi connectivity index (χ3v) is 3.48. The molecule has 4 heteroatoms. The van der Waals surface area contributed by atoms with E-state index in [4.69, 9.17) is 0 Å². The first-order chi connectivity index (χ1) is 8.18. The molecule has 0 unspecified atom stereocenters. The highest BCUT2D eigenvalue weighted by atomic mass is 16.3. The van der Waals surface area contributed by atoms with Gasteiger partial charge in [-0.25, -0.2) is 0 Å². The van der Waals surface area contributed by atoms with Crippen molar-refractivity contribution in [3.05, 3.63) is 35.6 Å². The summed E-state index contributed by atoms with van der Waals surface area (Å²) in [6, 6.07) is 6.61. The summed E-state index contributed by atoms with van der Waals surface area (Å²) >= 11 is 0. The first kappa shape index (κ1) is 10.2. The lowest BCUT2D eigenvalue weighted by Gasteiger charge is -2.17. The average molecular weight is 231 g/mol. The van der Waals surface area contributed by atoms with Crippen LogP contribution in [0.25, 0.3) is 5.57 Å². The predicted octanol–water partition coefficient (Wildman–Crippen LogP) is 1.67. The summed E-state index contributed by atoms with van der Waals surface area (Å²) in [5, 5.41) is 19.2. The van der Waals surface area contributed by atoms with Crippen molar-refractivity contribution in [3.8, 4) is 5.75 Å². The smallest absolute Gasteiger partial charge is 0.289 e. The third-order valence-electron chi connectivity index (χ3n) is 3.48. The Labute approximate surface area is 98.8 Å². The summed E-state index contributed by atoms with van der Waals surface area (Å²) in [5.41, 5.74) is 1.51. The lowest BCUT2D eigenvalue weighted by atomic mass is 9.98. The molecule has 1 aromatic carbocycles. The topological polar surface area (TPSA) is 60.8 Å². The summed E-state index contributed by atoms with van der Waals surface area (Å²) < 4.78 is 0. The molecular formula is C13H13NO3. The van der Waals surface area contributed by atoms with Crippen molar-refractivity contribution in [3.63, 3.8) is 0 Å². The molecule has 2 N–H and O–H groups in total. The number of carbonyl (C=O) groups is 1. The number of fused-ring (bicyclic) bond motifs is 1. The number of hydrogen-bond acceptors (Lipinski definition) is 3. The van der Waals surface area contributed by atoms with Crippen LogP contribution in [0.1, 0.15) is 18.4 Å². The van der Waals surface area contributed by atoms with Crippen LogP contribution in [0.4, 0.5) is 0 Å². The molecule has 0 radical (unpaired) electrons. The molecule has 0 aliphatic carbocycles. The van der Waals surface area contributed by atoms with Gasteiger partial charge in [-0.2, -0.15) is 0 Å². The van der Waals surface area contributed by atoms with Crippen LogP contribution in [-0.4, -0.2) is 33.6 Å². The van der Waals surface area contributed by atoms with Gasteiger partial charge in [0, 0.05) is 12.1 Å². The van der Waals surface area contributed by atoms with Crippen LogP contribution in [0.15, 0.2) is 30.0 Å². The largest absolute Gasteiger partial charge is 0.508 e. The Hall–Kier alpha value is -1.97. The molecule has 0 bridgehead atoms. The predicted molar refractivity (Wildman–Crippen MR) is 62.4 cm³/mol. The maximum atomic E-state index is 11.8. The number of hydrogen-bond donors (Lipinski definition) is 2. The molecule has 2 heterocycles. The van der Waals surface area contributed by atoms with Gasteiger partial charge in [-0.1, -0.05) is 12.1 Å². The average Bonchev–Trinajstić information content (AvgIpc) is 2.87. The number of aromatic hydroxyl groups is 1. The van der Waals surface area contributed by atoms with Crippen molar-refractivity contribution in [2.75, 3.05) is 6.54 Å². The number of rotatable bonds is 1. The van der Waals surface area contributed by atoms with Crippen LogP contribution in [0.5, 0.6) is 5.75 Å². The van der Waals surface area contributed by atoms with Gasteiger partial charge in [-0.3, -0.25) is 4.79 Å². The lowest BCUT2D eigenvalue weighted by molar-refractivity contribution is -0.128. The Balaban J connectivity index is 2.07. The minimum absolute atomic E-state index is 0.00652. The number of nitrogens with zero attached hydrogens (tertiary/aromatic N) is 1. The molecule has 2 aliphatic heterocycles. The first-order valence-electron chi connectivity index (χ1n) is 5.72. The number of aliphatic hydroxyl groups excluding tert-OH is 1. The van der Waals surface area contributed by atoms with Crippen LogP contribution in [0.2, 0.25) is 0 Å². The van der Waals surface area contributed by atoms with Crippen LogP contribution in [-0.2, 0) is 4.79 Å². The molecule has 4 nitrogen and oxygen atoms in total. The van der Waals surface area contributed by atoms with E-state index in [9.17, 15) is 15.0 Å². The first-order valence-corrected chi connectivity index (χ1v) is 5.72. The number of phenols is 1. The van der Waals surface area contributed by atoms with Gasteiger partial charge >= 0.3 is 0 Å². The van der Waals surface area contributed by atoms with Gasteiger partial charge in [0.1, 0.15) is 5.75 Å². The van der Waals surface area contributed by atoms with Gasteiger partial charge in [0.15, 0.2) is 5.76 Å². The van der Waals surface area contributed by atoms with Crippen molar-refractivity contribution in [2.45, 2.75) is 18.9 Å². The number of phenolic OH excluding ortho intramolecular Hbond substituents is 1. The summed E-state index contributed by atoms with van der Waals surface area (Å²) in [7, 11) is 0. The summed E-state index contributed by atoms with van der Waals surface area (Å²) in [6.07, 6.45) is 1.87. The van der Waals surface area contributed by atoms with Crippen LogP contribution < -0.4 is 0 Å². The van der Waals surface area contributed by atoms with Crippen molar-refractivity contribution >= 4 is 11.5 Å². The third kappa shape index (κ3) is 1.40. The van der Waals surface area contributed by atoms with E-state index in [0.717, 1.165) is 24.9 Å². The molecule has 1 atom stereocenters. The summed E-state index contributed by atoms with van der Waals surface area (Å²) in [5.74, 6) is -0.225. The lowest BCUT2D eigenvalue weighted by Crippen LogP contribution is -2.29. The molecule has 17 heavy (non-hydrogen) atoms. The molecule has 1 amide bonds. The number of aliphatic hydroxyl groups is 1. The molecule has 88 valence electrons. The fourth-order valence-electron chi connectivity index (χ4n) is 2.69. The summed E-state index contributed by atoms with van der Waals surface area (Å²) in [6.45, 7) is 0.717. The standard InChI is InChI=1S/C13H13NO3/c15-9-5-3-8(4-6-9)11-10-2-1-7-14(10)13(17)12(11)16/h3-6,10,15-16H,1-2,7H2/t10-/m0/s1. The van der Waals surface area contributed by atoms with Crippen LogP contribution in [0, 0.1) is 0 Å². The maximum absolute atomic E-state index is 11.8. The molecule has 0 aromatic heterocycles. The Morgan fingerprint density at radius 2 is 1.88 bits per heavy atom. The Kier molecular flexibility index (Phi) is 2.11. The Morgan fingerprint density at radius 1 is 1.18 bits per heavy atom. The fraction of sp³-hybridized carbons (Fsp3) is 0.308. The van der Waals surface area contributed by atoms with E-state index >= 15 is 0 Å². The van der Waals surface area contributed by atoms with Crippen LogP contribution in [0.3, 0.4) is 0 Å². The molecule has 1 aromatic rings. The molecule has 3 rings (SSSR count). The Morgan fingerprint density at radius 3 is 2.59 bits per heavy atom. The van der Waals surface area contributed by atoms with E-state index in [1.54, 1.807) is 29.2 Å². The Bertz CT molecular complexity index is 504. The molecule has 2 aliphatic rings. The zero-order valence-corrected chi connectivity index (χ0v) is 9.26.